The molecule has 0 aliphatic heterocycles. The molecule has 0 saturated carbocycles. The van der Waals surface area contributed by atoms with E-state index in [-0.39, 0.29) is 5.83 Å². The van der Waals surface area contributed by atoms with Crippen molar-refractivity contribution in [1.82, 2.24) is 4.75 Å². The Kier molecular flexibility index (Phi) is 3.12. The normalized spacial score (nSPS) is 14.2. The summed E-state index contributed by atoms with van der Waals surface area (Å²) in [5.41, 5.74) is 0. The lowest BCUT2D eigenvalue weighted by atomic mass is 10.4. The van der Waals surface area contributed by atoms with E-state index < -0.39 is 0 Å². The van der Waals surface area contributed by atoms with E-state index in [9.17, 15) is 4.39 Å². The minimum atomic E-state index is -0.225. The van der Waals surface area contributed by atoms with Crippen molar-refractivity contribution in [3.8, 4) is 0 Å². The standard InChI is InChI=1S/C9H9FNP/c1-7-5-6-12-11-9(7)4-3-8(2)10/h3-6H,1H2,2H3/b8-3+,9-4+. The van der Waals surface area contributed by atoms with Crippen molar-refractivity contribution in [1.29, 1.82) is 0 Å². The first kappa shape index (κ1) is 9.08. The van der Waals surface area contributed by atoms with Crippen molar-refractivity contribution in [3.05, 3.63) is 34.3 Å². The van der Waals surface area contributed by atoms with Crippen LogP contribution in [0.3, 0.4) is 0 Å². The second-order valence-electron chi connectivity index (χ2n) is 2.36. The Bertz CT molecular complexity index is 393. The van der Waals surface area contributed by atoms with Gasteiger partial charge in [-0.15, -0.1) is 0 Å². The molecule has 0 atom stereocenters. The third-order valence-electron chi connectivity index (χ3n) is 1.31. The van der Waals surface area contributed by atoms with E-state index in [0.29, 0.717) is 0 Å². The maximum atomic E-state index is 12.3. The molecular formula is C9H9FNP. The first-order valence-electron chi connectivity index (χ1n) is 3.51. The van der Waals surface area contributed by atoms with Gasteiger partial charge in [-0.2, -0.15) is 0 Å². The number of rotatable bonds is 1. The van der Waals surface area contributed by atoms with Gasteiger partial charge >= 0.3 is 0 Å². The van der Waals surface area contributed by atoms with Gasteiger partial charge in [0.25, 0.3) is 0 Å². The Labute approximate surface area is 72.1 Å². The molecule has 1 heterocycles. The number of halogens is 1. The van der Waals surface area contributed by atoms with Crippen LogP contribution < -0.4 is 10.6 Å². The first-order chi connectivity index (χ1) is 5.70. The SMILES string of the molecule is C=c1ccpn/c1=C/C=C(\C)F. The summed E-state index contributed by atoms with van der Waals surface area (Å²) in [4.78, 5) is 0. The van der Waals surface area contributed by atoms with E-state index >= 15 is 0 Å². The Morgan fingerprint density at radius 2 is 2.50 bits per heavy atom. The van der Waals surface area contributed by atoms with E-state index in [4.69, 9.17) is 0 Å². The third-order valence-corrected chi connectivity index (χ3v) is 1.92. The Morgan fingerprint density at radius 3 is 3.08 bits per heavy atom. The molecule has 1 nitrogen and oxygen atoms in total. The molecule has 1 aromatic rings. The summed E-state index contributed by atoms with van der Waals surface area (Å²) in [7, 11) is 0.879. The predicted molar refractivity (Wildman–Crippen MR) is 50.9 cm³/mol. The monoisotopic (exact) mass is 181 g/mol. The van der Waals surface area contributed by atoms with Crippen LogP contribution in [0, 0.1) is 0 Å². The molecule has 0 saturated heterocycles. The smallest absolute Gasteiger partial charge is 0.0969 e. The molecule has 0 amide bonds. The largest absolute Gasteiger partial charge is 0.227 e. The predicted octanol–water partition coefficient (Wildman–Crippen LogP) is 1.73. The average Bonchev–Trinajstić information content (AvgIpc) is 2.03. The van der Waals surface area contributed by atoms with Gasteiger partial charge < -0.3 is 0 Å². The Hall–Kier alpha value is -1.01. The maximum Gasteiger partial charge on any atom is 0.0969 e. The number of hydrogen-bond acceptors (Lipinski definition) is 1. The Balaban J connectivity index is 3.20. The zero-order valence-corrected chi connectivity index (χ0v) is 7.68. The zero-order chi connectivity index (χ0) is 8.97. The van der Waals surface area contributed by atoms with Crippen LogP contribution in [-0.4, -0.2) is 4.75 Å². The van der Waals surface area contributed by atoms with Gasteiger partial charge in [0, 0.05) is 8.35 Å². The summed E-state index contributed by atoms with van der Waals surface area (Å²) in [6.07, 6.45) is 3.02. The van der Waals surface area contributed by atoms with E-state index in [0.717, 1.165) is 18.9 Å². The summed E-state index contributed by atoms with van der Waals surface area (Å²) in [6, 6.07) is 1.88. The second-order valence-corrected chi connectivity index (χ2v) is 3.09. The topological polar surface area (TPSA) is 12.9 Å². The molecule has 12 heavy (non-hydrogen) atoms. The van der Waals surface area contributed by atoms with E-state index in [1.807, 2.05) is 11.9 Å². The molecule has 0 radical (unpaired) electrons. The first-order valence-corrected chi connectivity index (χ1v) is 4.42. The van der Waals surface area contributed by atoms with Crippen LogP contribution in [0.5, 0.6) is 0 Å². The van der Waals surface area contributed by atoms with Gasteiger partial charge in [0.05, 0.1) is 11.2 Å². The van der Waals surface area contributed by atoms with Crippen molar-refractivity contribution in [3.63, 3.8) is 0 Å². The van der Waals surface area contributed by atoms with Crippen molar-refractivity contribution in [2.24, 2.45) is 0 Å². The van der Waals surface area contributed by atoms with Crippen molar-refractivity contribution >= 4 is 21.0 Å². The fraction of sp³-hybridized carbons (Fsp3) is 0.111. The van der Waals surface area contributed by atoms with Gasteiger partial charge in [-0.25, -0.2) is 9.14 Å². The van der Waals surface area contributed by atoms with Gasteiger partial charge in [0.1, 0.15) is 0 Å². The van der Waals surface area contributed by atoms with Gasteiger partial charge in [0.2, 0.25) is 0 Å². The lowest BCUT2D eigenvalue weighted by Crippen LogP contribution is -2.23. The van der Waals surface area contributed by atoms with Crippen molar-refractivity contribution < 1.29 is 4.39 Å². The summed E-state index contributed by atoms with van der Waals surface area (Å²) in [6.45, 7) is 5.17. The van der Waals surface area contributed by atoms with Gasteiger partial charge in [0.15, 0.2) is 0 Å². The summed E-state index contributed by atoms with van der Waals surface area (Å²) < 4.78 is 16.4. The van der Waals surface area contributed by atoms with Gasteiger partial charge in [-0.05, 0) is 36.2 Å². The second kappa shape index (κ2) is 4.13. The summed E-state index contributed by atoms with van der Waals surface area (Å²) >= 11 is 0. The van der Waals surface area contributed by atoms with Crippen LogP contribution in [0.15, 0.2) is 23.8 Å². The summed E-state index contributed by atoms with van der Waals surface area (Å²) in [5.74, 6) is 1.67. The molecule has 0 aliphatic rings. The van der Waals surface area contributed by atoms with Crippen LogP contribution in [0.2, 0.25) is 0 Å². The molecule has 1 rings (SSSR count). The fourth-order valence-electron chi connectivity index (χ4n) is 0.703. The fourth-order valence-corrected chi connectivity index (χ4v) is 1.34. The van der Waals surface area contributed by atoms with E-state index in [1.165, 1.54) is 13.0 Å². The number of hydrogen-bond donors (Lipinski definition) is 0. The zero-order valence-electron chi connectivity index (χ0n) is 6.79. The van der Waals surface area contributed by atoms with E-state index in [2.05, 4.69) is 11.3 Å². The minimum absolute atomic E-state index is 0.225. The number of aromatic nitrogens is 1. The molecule has 62 valence electrons. The minimum Gasteiger partial charge on any atom is -0.227 e. The highest BCUT2D eigenvalue weighted by molar-refractivity contribution is 7.24. The highest BCUT2D eigenvalue weighted by Gasteiger charge is 1.81. The molecular weight excluding hydrogens is 172 g/mol. The highest BCUT2D eigenvalue weighted by atomic mass is 31.0. The van der Waals surface area contributed by atoms with Crippen LogP contribution in [0.1, 0.15) is 6.92 Å². The van der Waals surface area contributed by atoms with Gasteiger partial charge in [-0.1, -0.05) is 6.58 Å². The lowest BCUT2D eigenvalue weighted by molar-refractivity contribution is 0.642. The Morgan fingerprint density at radius 1 is 1.75 bits per heavy atom. The lowest BCUT2D eigenvalue weighted by Gasteiger charge is -1.83. The molecule has 0 aromatic carbocycles. The van der Waals surface area contributed by atoms with Crippen molar-refractivity contribution in [2.75, 3.05) is 0 Å². The number of allylic oxidation sites excluding steroid dienone is 2. The molecule has 3 heteroatoms. The van der Waals surface area contributed by atoms with Crippen LogP contribution in [-0.2, 0) is 0 Å². The number of nitrogens with zero attached hydrogens (tertiary/aromatic N) is 1. The maximum absolute atomic E-state index is 12.3. The highest BCUT2D eigenvalue weighted by Crippen LogP contribution is 1.91. The molecule has 0 spiro atoms. The van der Waals surface area contributed by atoms with Gasteiger partial charge in [-0.3, -0.25) is 0 Å². The molecule has 0 fully saturated rings. The molecule has 0 aliphatic carbocycles. The molecule has 0 bridgehead atoms. The van der Waals surface area contributed by atoms with E-state index in [1.54, 1.807) is 6.08 Å². The van der Waals surface area contributed by atoms with Crippen LogP contribution >= 0.6 is 8.35 Å². The van der Waals surface area contributed by atoms with Crippen LogP contribution in [0.4, 0.5) is 4.39 Å². The molecule has 0 N–H and O–H groups in total. The molecule has 1 aromatic heterocycles. The average molecular weight is 181 g/mol. The van der Waals surface area contributed by atoms with Crippen LogP contribution in [0.25, 0.3) is 12.7 Å². The third kappa shape index (κ3) is 2.55. The summed E-state index contributed by atoms with van der Waals surface area (Å²) in [5, 5.41) is 1.57. The van der Waals surface area contributed by atoms with Crippen molar-refractivity contribution in [2.45, 2.75) is 6.92 Å². The molecule has 0 unspecified atom stereocenters. The quantitative estimate of drug-likeness (QED) is 0.642.